The number of rotatable bonds is 6. The number of likely N-dealkylation sites (N-methyl/N-ethyl adjacent to an activating group) is 1. The zero-order valence-electron chi connectivity index (χ0n) is 12.7. The van der Waals surface area contributed by atoms with E-state index in [1.54, 1.807) is 12.3 Å². The van der Waals surface area contributed by atoms with Crippen LogP contribution in [0.1, 0.15) is 28.9 Å². The number of anilines is 1. The average Bonchev–Trinajstić information content (AvgIpc) is 3.37. The zero-order chi connectivity index (χ0) is 15.4. The topological polar surface area (TPSA) is 58.1 Å². The molecule has 0 aromatic carbocycles. The van der Waals surface area contributed by atoms with Crippen molar-refractivity contribution in [3.8, 4) is 0 Å². The number of nitrogens with one attached hydrogen (secondary N) is 1. The molecule has 2 aromatic rings. The molecule has 5 nitrogen and oxygen atoms in total. The van der Waals surface area contributed by atoms with E-state index >= 15 is 0 Å². The largest absolute Gasteiger partial charge is 0.373 e. The van der Waals surface area contributed by atoms with Crippen molar-refractivity contribution >= 4 is 11.6 Å². The zero-order valence-corrected chi connectivity index (χ0v) is 12.7. The summed E-state index contributed by atoms with van der Waals surface area (Å²) in [5.74, 6) is -0.0755. The number of hydrogen-bond acceptors (Lipinski definition) is 4. The van der Waals surface area contributed by atoms with Crippen LogP contribution in [0.25, 0.3) is 0 Å². The van der Waals surface area contributed by atoms with Crippen molar-refractivity contribution in [1.29, 1.82) is 0 Å². The summed E-state index contributed by atoms with van der Waals surface area (Å²) in [6, 6.07) is 8.14. The highest BCUT2D eigenvalue weighted by Crippen LogP contribution is 2.19. The molecule has 2 heterocycles. The number of hydrogen-bond donors (Lipinski definition) is 1. The van der Waals surface area contributed by atoms with Gasteiger partial charge in [-0.3, -0.25) is 9.78 Å². The van der Waals surface area contributed by atoms with E-state index in [0.717, 1.165) is 31.5 Å². The van der Waals surface area contributed by atoms with Crippen LogP contribution < -0.4 is 10.2 Å². The summed E-state index contributed by atoms with van der Waals surface area (Å²) >= 11 is 0. The van der Waals surface area contributed by atoms with Crippen LogP contribution in [0.4, 0.5) is 5.69 Å². The van der Waals surface area contributed by atoms with Crippen LogP contribution in [0.5, 0.6) is 0 Å². The Hall–Kier alpha value is -2.43. The van der Waals surface area contributed by atoms with E-state index in [1.807, 2.05) is 37.6 Å². The van der Waals surface area contributed by atoms with E-state index < -0.39 is 0 Å². The van der Waals surface area contributed by atoms with E-state index in [-0.39, 0.29) is 5.91 Å². The predicted molar refractivity (Wildman–Crippen MR) is 85.9 cm³/mol. The third-order valence-electron chi connectivity index (χ3n) is 3.82. The summed E-state index contributed by atoms with van der Waals surface area (Å²) in [6.45, 7) is 0.888. The van der Waals surface area contributed by atoms with Gasteiger partial charge in [0.15, 0.2) is 0 Å². The van der Waals surface area contributed by atoms with Gasteiger partial charge in [0.25, 0.3) is 5.91 Å². The Labute approximate surface area is 130 Å². The van der Waals surface area contributed by atoms with E-state index in [4.69, 9.17) is 0 Å². The number of carbonyl (C=O) groups is 1. The van der Waals surface area contributed by atoms with Crippen LogP contribution in [0.3, 0.4) is 0 Å². The van der Waals surface area contributed by atoms with Crippen molar-refractivity contribution in [3.63, 3.8) is 0 Å². The van der Waals surface area contributed by atoms with Gasteiger partial charge in [-0.15, -0.1) is 0 Å². The van der Waals surface area contributed by atoms with Gasteiger partial charge in [-0.05, 0) is 49.1 Å². The molecule has 1 amide bonds. The summed E-state index contributed by atoms with van der Waals surface area (Å²) < 4.78 is 0. The molecule has 0 aliphatic heterocycles. The lowest BCUT2D eigenvalue weighted by molar-refractivity contribution is 0.0946. The van der Waals surface area contributed by atoms with Gasteiger partial charge in [0.1, 0.15) is 5.69 Å². The molecule has 0 saturated heterocycles. The maximum Gasteiger partial charge on any atom is 0.270 e. The number of pyridine rings is 2. The molecule has 1 fully saturated rings. The van der Waals surface area contributed by atoms with Gasteiger partial charge >= 0.3 is 0 Å². The Morgan fingerprint density at radius 1 is 1.27 bits per heavy atom. The third kappa shape index (κ3) is 3.81. The maximum absolute atomic E-state index is 11.9. The molecule has 0 spiro atoms. The van der Waals surface area contributed by atoms with E-state index in [1.165, 1.54) is 5.56 Å². The minimum Gasteiger partial charge on any atom is -0.373 e. The van der Waals surface area contributed by atoms with Crippen molar-refractivity contribution in [2.75, 3.05) is 18.5 Å². The first-order valence-corrected chi connectivity index (χ1v) is 7.59. The van der Waals surface area contributed by atoms with Crippen LogP contribution in [0.2, 0.25) is 0 Å². The van der Waals surface area contributed by atoms with E-state index in [9.17, 15) is 4.79 Å². The quantitative estimate of drug-likeness (QED) is 0.886. The normalized spacial score (nSPS) is 13.7. The molecule has 0 bridgehead atoms. The van der Waals surface area contributed by atoms with Gasteiger partial charge in [0, 0.05) is 32.0 Å². The highest BCUT2D eigenvalue weighted by atomic mass is 16.2. The monoisotopic (exact) mass is 296 g/mol. The van der Waals surface area contributed by atoms with Crippen LogP contribution in [0, 0.1) is 0 Å². The van der Waals surface area contributed by atoms with E-state index in [0.29, 0.717) is 11.7 Å². The Morgan fingerprint density at radius 2 is 2.05 bits per heavy atom. The van der Waals surface area contributed by atoms with E-state index in [2.05, 4.69) is 20.2 Å². The van der Waals surface area contributed by atoms with Gasteiger partial charge in [-0.2, -0.15) is 0 Å². The number of aromatic nitrogens is 2. The van der Waals surface area contributed by atoms with Gasteiger partial charge in [-0.1, -0.05) is 0 Å². The van der Waals surface area contributed by atoms with Gasteiger partial charge < -0.3 is 10.2 Å². The van der Waals surface area contributed by atoms with Gasteiger partial charge in [0.05, 0.1) is 11.9 Å². The minimum atomic E-state index is -0.0755. The SMILES string of the molecule is CN(CCc1ccncc1)c1ccc(C(=O)NC2CC2)nc1. The van der Waals surface area contributed by atoms with Crippen molar-refractivity contribution in [2.45, 2.75) is 25.3 Å². The van der Waals surface area contributed by atoms with Crippen LogP contribution in [-0.4, -0.2) is 35.5 Å². The second kappa shape index (κ2) is 6.56. The smallest absolute Gasteiger partial charge is 0.270 e. The molecule has 0 atom stereocenters. The molecule has 1 aliphatic carbocycles. The molecule has 22 heavy (non-hydrogen) atoms. The summed E-state index contributed by atoms with van der Waals surface area (Å²) in [5, 5.41) is 2.94. The molecule has 0 radical (unpaired) electrons. The summed E-state index contributed by atoms with van der Waals surface area (Å²) in [4.78, 5) is 22.3. The molecule has 2 aromatic heterocycles. The molecular weight excluding hydrogens is 276 g/mol. The van der Waals surface area contributed by atoms with Crippen molar-refractivity contribution in [1.82, 2.24) is 15.3 Å². The molecule has 3 rings (SSSR count). The molecule has 5 heteroatoms. The van der Waals surface area contributed by atoms with Gasteiger partial charge in [-0.25, -0.2) is 4.98 Å². The first-order chi connectivity index (χ1) is 10.7. The fourth-order valence-electron chi connectivity index (χ4n) is 2.21. The summed E-state index contributed by atoms with van der Waals surface area (Å²) in [5.41, 5.74) is 2.76. The van der Waals surface area contributed by atoms with Gasteiger partial charge in [0.2, 0.25) is 0 Å². The first kappa shape index (κ1) is 14.5. The molecule has 1 saturated carbocycles. The van der Waals surface area contributed by atoms with Crippen LogP contribution >= 0.6 is 0 Å². The third-order valence-corrected chi connectivity index (χ3v) is 3.82. The van der Waals surface area contributed by atoms with Crippen molar-refractivity contribution in [2.24, 2.45) is 0 Å². The molecule has 0 unspecified atom stereocenters. The lowest BCUT2D eigenvalue weighted by Crippen LogP contribution is -2.26. The number of nitrogens with zero attached hydrogens (tertiary/aromatic N) is 3. The fourth-order valence-corrected chi connectivity index (χ4v) is 2.21. The Bertz CT molecular complexity index is 623. The lowest BCUT2D eigenvalue weighted by Gasteiger charge is -2.19. The summed E-state index contributed by atoms with van der Waals surface area (Å²) in [7, 11) is 2.03. The highest BCUT2D eigenvalue weighted by Gasteiger charge is 2.24. The minimum absolute atomic E-state index is 0.0755. The second-order valence-electron chi connectivity index (χ2n) is 5.68. The second-order valence-corrected chi connectivity index (χ2v) is 5.68. The highest BCUT2D eigenvalue weighted by molar-refractivity contribution is 5.92. The average molecular weight is 296 g/mol. The van der Waals surface area contributed by atoms with Crippen molar-refractivity contribution < 1.29 is 4.79 Å². The number of amides is 1. The van der Waals surface area contributed by atoms with Crippen LogP contribution in [-0.2, 0) is 6.42 Å². The standard InChI is InChI=1S/C17H20N4O/c1-21(11-8-13-6-9-18-10-7-13)15-4-5-16(19-12-15)17(22)20-14-2-3-14/h4-7,9-10,12,14H,2-3,8,11H2,1H3,(H,20,22). The molecule has 1 N–H and O–H groups in total. The fraction of sp³-hybridized carbons (Fsp3) is 0.353. The molecule has 114 valence electrons. The Morgan fingerprint density at radius 3 is 2.68 bits per heavy atom. The van der Waals surface area contributed by atoms with Crippen molar-refractivity contribution in [3.05, 3.63) is 54.1 Å². The first-order valence-electron chi connectivity index (χ1n) is 7.59. The predicted octanol–water partition coefficient (Wildman–Crippen LogP) is 2.05. The maximum atomic E-state index is 11.9. The Kier molecular flexibility index (Phi) is 4.32. The number of carbonyl (C=O) groups excluding carboxylic acids is 1. The molecular formula is C17H20N4O. The summed E-state index contributed by atoms with van der Waals surface area (Å²) in [6.07, 6.45) is 8.49. The lowest BCUT2D eigenvalue weighted by atomic mass is 10.2. The Balaban J connectivity index is 1.55. The van der Waals surface area contributed by atoms with Crippen LogP contribution in [0.15, 0.2) is 42.9 Å². The molecule has 1 aliphatic rings.